The summed E-state index contributed by atoms with van der Waals surface area (Å²) in [5.41, 5.74) is 3.00. The van der Waals surface area contributed by atoms with Gasteiger partial charge in [0, 0.05) is 93.7 Å². The van der Waals surface area contributed by atoms with Crippen LogP contribution in [-0.4, -0.2) is 151 Å². The van der Waals surface area contributed by atoms with Crippen LogP contribution in [0.4, 0.5) is 21.0 Å². The minimum absolute atomic E-state index is 0.0539. The second kappa shape index (κ2) is 22.6. The quantitative estimate of drug-likeness (QED) is 0.0377. The molecule has 3 aromatic carbocycles. The third-order valence-corrected chi connectivity index (χ3v) is 11.7. The number of hydrogen-bond acceptors (Lipinski definition) is 13. The molecule has 20 heteroatoms. The molecule has 2 aliphatic heterocycles. The third kappa shape index (κ3) is 12.2. The molecule has 0 fully saturated rings. The van der Waals surface area contributed by atoms with Crippen molar-refractivity contribution >= 4 is 75.2 Å². The molecule has 0 saturated carbocycles. The number of carbonyl (C=O) groups is 6. The topological polar surface area (TPSA) is 200 Å². The molecule has 370 valence electrons. The van der Waals surface area contributed by atoms with Crippen LogP contribution in [0.5, 0.6) is 11.5 Å². The van der Waals surface area contributed by atoms with Gasteiger partial charge in [0.1, 0.15) is 28.4 Å². The van der Waals surface area contributed by atoms with Gasteiger partial charge in [0.15, 0.2) is 6.79 Å². The van der Waals surface area contributed by atoms with Gasteiger partial charge >= 0.3 is 12.2 Å². The number of nitrogens with zero attached hydrogens (tertiary/aromatic N) is 6. The van der Waals surface area contributed by atoms with E-state index < -0.39 is 23.7 Å². The maximum atomic E-state index is 14.6. The average molecular weight is 982 g/mol. The first-order chi connectivity index (χ1) is 33.5. The Morgan fingerprint density at radius 1 is 0.886 bits per heavy atom. The van der Waals surface area contributed by atoms with Crippen molar-refractivity contribution in [2.75, 3.05) is 96.2 Å². The van der Waals surface area contributed by atoms with Gasteiger partial charge in [-0.1, -0.05) is 18.2 Å². The predicted octanol–water partition coefficient (Wildman–Crippen LogP) is 6.64. The molecule has 0 bridgehead atoms. The van der Waals surface area contributed by atoms with E-state index >= 15 is 0 Å². The zero-order chi connectivity index (χ0) is 50.1. The number of methoxy groups -OCH3 is 1. The maximum Gasteiger partial charge on any atom is 0.415 e. The Bertz CT molecular complexity index is 2770. The molecule has 1 atom stereocenters. The first-order valence-electron chi connectivity index (χ1n) is 22.6. The van der Waals surface area contributed by atoms with E-state index in [-0.39, 0.29) is 107 Å². The van der Waals surface area contributed by atoms with Crippen molar-refractivity contribution in [2.24, 2.45) is 0 Å². The van der Waals surface area contributed by atoms with Crippen LogP contribution in [0, 0.1) is 6.92 Å². The van der Waals surface area contributed by atoms with E-state index in [1.807, 2.05) is 25.1 Å². The van der Waals surface area contributed by atoms with Gasteiger partial charge < -0.3 is 52.8 Å². The Morgan fingerprint density at radius 2 is 1.61 bits per heavy atom. The molecule has 0 saturated heterocycles. The van der Waals surface area contributed by atoms with Crippen LogP contribution < -0.4 is 19.7 Å². The number of anilines is 2. The first kappa shape index (κ1) is 50.8. The minimum atomic E-state index is -0.732. The van der Waals surface area contributed by atoms with Crippen molar-refractivity contribution < 1.29 is 57.2 Å². The van der Waals surface area contributed by atoms with Crippen molar-refractivity contribution in [1.29, 1.82) is 0 Å². The number of ether oxygens (including phenoxy) is 6. The van der Waals surface area contributed by atoms with Gasteiger partial charge in [0.25, 0.3) is 23.6 Å². The Hall–Kier alpha value is -7.06. The number of imidazole rings is 1. The van der Waals surface area contributed by atoms with Crippen LogP contribution in [0.1, 0.15) is 58.7 Å². The summed E-state index contributed by atoms with van der Waals surface area (Å²) < 4.78 is 35.1. The lowest BCUT2D eigenvalue weighted by atomic mass is 9.92. The normalized spacial score (nSPS) is 14.4. The highest BCUT2D eigenvalue weighted by atomic mass is 35.5. The molecule has 70 heavy (non-hydrogen) atoms. The van der Waals surface area contributed by atoms with Gasteiger partial charge in [-0.3, -0.25) is 24.1 Å². The summed E-state index contributed by atoms with van der Waals surface area (Å²) >= 11 is 6.64. The first-order valence-corrected chi connectivity index (χ1v) is 23.1. The number of nitrogens with one attached hydrogen (secondary N) is 1. The molecule has 0 unspecified atom stereocenters. The number of fused-ring (bicyclic) bond motifs is 4. The molecule has 2 aliphatic rings. The van der Waals surface area contributed by atoms with Crippen LogP contribution in [0.2, 0.25) is 0 Å². The summed E-state index contributed by atoms with van der Waals surface area (Å²) in [7, 11) is 3.09. The Kier molecular flexibility index (Phi) is 16.4. The van der Waals surface area contributed by atoms with E-state index in [1.54, 1.807) is 92.0 Å². The van der Waals surface area contributed by atoms with Crippen molar-refractivity contribution in [3.63, 3.8) is 0 Å². The number of hydrogen-bond donors (Lipinski definition) is 1. The van der Waals surface area contributed by atoms with Crippen molar-refractivity contribution in [3.05, 3.63) is 108 Å². The van der Waals surface area contributed by atoms with E-state index in [0.717, 1.165) is 21.4 Å². The summed E-state index contributed by atoms with van der Waals surface area (Å²) in [5, 5.41) is 4.32. The highest BCUT2D eigenvalue weighted by Gasteiger charge is 2.37. The van der Waals surface area contributed by atoms with Gasteiger partial charge in [0.2, 0.25) is 0 Å². The molecule has 0 aliphatic carbocycles. The van der Waals surface area contributed by atoms with Crippen LogP contribution in [0.25, 0.3) is 16.4 Å². The zero-order valence-corrected chi connectivity index (χ0v) is 40.7. The van der Waals surface area contributed by atoms with E-state index in [1.165, 1.54) is 29.1 Å². The highest BCUT2D eigenvalue weighted by Crippen LogP contribution is 2.47. The van der Waals surface area contributed by atoms with Crippen molar-refractivity contribution in [3.8, 4) is 11.5 Å². The van der Waals surface area contributed by atoms with Gasteiger partial charge in [-0.15, -0.1) is 11.6 Å². The fourth-order valence-electron chi connectivity index (χ4n) is 7.89. The number of aromatic nitrogens is 2. The molecule has 5 aromatic rings. The van der Waals surface area contributed by atoms with E-state index in [9.17, 15) is 28.8 Å². The molecule has 6 amide bonds. The number of likely N-dealkylation sites (N-methyl/N-ethyl adjacent to an activating group) is 1. The molecule has 19 nitrogen and oxygen atoms in total. The van der Waals surface area contributed by atoms with Crippen molar-refractivity contribution in [2.45, 2.75) is 39.2 Å². The number of rotatable bonds is 20. The lowest BCUT2D eigenvalue weighted by molar-refractivity contribution is -0.137. The average Bonchev–Trinajstić information content (AvgIpc) is 4.03. The molecule has 4 heterocycles. The number of pyridine rings is 1. The SMILES string of the molecule is COCOc1ccc(C(=O)Nc2ccc3nc(C(=O)N4C[C@@H](CCl)c5c4cc(OC(=O)N(CCOCCOCCN4C(=O)C=CC4=O)CCN(C)C(=O)OC(C)(C)C)c4cccc(C)c54)cn3c2)cc1. The number of benzene rings is 3. The molecule has 0 radical (unpaired) electrons. The number of amides is 6. The summed E-state index contributed by atoms with van der Waals surface area (Å²) in [6.07, 6.45) is 4.39. The van der Waals surface area contributed by atoms with Gasteiger partial charge in [-0.25, -0.2) is 14.6 Å². The zero-order valence-electron chi connectivity index (χ0n) is 39.9. The molecule has 0 spiro atoms. The monoisotopic (exact) mass is 981 g/mol. The smallest absolute Gasteiger partial charge is 0.415 e. The maximum absolute atomic E-state index is 14.6. The number of carbonyl (C=O) groups excluding carboxylic acids is 6. The van der Waals surface area contributed by atoms with E-state index in [0.29, 0.717) is 33.7 Å². The largest absolute Gasteiger partial charge is 0.468 e. The van der Waals surface area contributed by atoms with Crippen LogP contribution in [-0.2, 0) is 28.5 Å². The van der Waals surface area contributed by atoms with Crippen LogP contribution in [0.3, 0.4) is 0 Å². The molecule has 7 rings (SSSR count). The number of alkyl halides is 1. The summed E-state index contributed by atoms with van der Waals surface area (Å²) in [4.78, 5) is 88.5. The molecule has 2 aromatic heterocycles. The Morgan fingerprint density at radius 3 is 2.31 bits per heavy atom. The van der Waals surface area contributed by atoms with Crippen LogP contribution >= 0.6 is 11.6 Å². The fourth-order valence-corrected chi connectivity index (χ4v) is 8.14. The number of aryl methyl sites for hydroxylation is 1. The van der Waals surface area contributed by atoms with Gasteiger partial charge in [0.05, 0.1) is 44.3 Å². The fraction of sp³-hybridized carbons (Fsp3) is 0.380. The minimum Gasteiger partial charge on any atom is -0.468 e. The lowest BCUT2D eigenvalue weighted by Crippen LogP contribution is -2.43. The Balaban J connectivity index is 1.08. The predicted molar refractivity (Wildman–Crippen MR) is 260 cm³/mol. The van der Waals surface area contributed by atoms with E-state index in [2.05, 4.69) is 10.3 Å². The van der Waals surface area contributed by atoms with Gasteiger partial charge in [-0.2, -0.15) is 0 Å². The summed E-state index contributed by atoms with van der Waals surface area (Å²) in [6.45, 7) is 8.43. The van der Waals surface area contributed by atoms with Crippen LogP contribution in [0.15, 0.2) is 85.2 Å². The third-order valence-electron chi connectivity index (χ3n) is 11.4. The number of halogens is 1. The standard InChI is InChI=1S/C50H56ClN7O12/c1-32-8-7-9-37-40(69-49(64)55(19-18-54(5)48(63)70-50(2,3)4)20-22-66-24-25-67-23-21-57-42(59)16-17-43(57)60)26-39-45(44(32)37)34(27-51)28-58(39)47(62)38-30-56-29-35(12-15-41(56)53-38)52-46(61)33-10-13-36(14-11-33)68-31-65-6/h7-17,26,29-30,34H,18-25,27-28,31H2,1-6H3,(H,52,61)/t34-/m1/s1. The molecular weight excluding hydrogens is 926 g/mol. The van der Waals surface area contributed by atoms with Gasteiger partial charge in [-0.05, 0) is 80.6 Å². The second-order valence-corrected chi connectivity index (χ2v) is 17.9. The number of imide groups is 1. The van der Waals surface area contributed by atoms with Crippen molar-refractivity contribution in [1.82, 2.24) is 24.1 Å². The van der Waals surface area contributed by atoms with E-state index in [4.69, 9.17) is 40.0 Å². The highest BCUT2D eigenvalue weighted by molar-refractivity contribution is 6.19. The Labute approximate surface area is 409 Å². The lowest BCUT2D eigenvalue weighted by Gasteiger charge is -2.28. The molecule has 1 N–H and O–H groups in total. The summed E-state index contributed by atoms with van der Waals surface area (Å²) in [5.74, 6) is -0.837. The second-order valence-electron chi connectivity index (χ2n) is 17.6. The summed E-state index contributed by atoms with van der Waals surface area (Å²) in [6, 6.07) is 17.3. The molecular formula is C50H56ClN7O12.